The fourth-order valence-corrected chi connectivity index (χ4v) is 14.9. The first-order chi connectivity index (χ1) is 28.0. The van der Waals surface area contributed by atoms with Gasteiger partial charge in [-0.25, -0.2) is 4.79 Å². The molecule has 2 rings (SSSR count). The predicted octanol–water partition coefficient (Wildman–Crippen LogP) is -1.64. The van der Waals surface area contributed by atoms with Crippen LogP contribution in [0.4, 0.5) is 11.4 Å². The van der Waals surface area contributed by atoms with E-state index >= 15 is 0 Å². The van der Waals surface area contributed by atoms with Gasteiger partial charge in [-0.15, -0.1) is 0 Å². The van der Waals surface area contributed by atoms with Gasteiger partial charge in [0.2, 0.25) is 11.8 Å². The standard InChI is InChI=1S/C33H39I6N5O16/c1-43(16(54)3-17(55)44(2)29-26(38)20(23(35)21(27(29)39)33(59)60)32(58)42-12(6-47)15(53)9-50)28-24(36)18(30(56)40-10(4-45)13(51)7-48)22(34)19(25(28)37)31(57)41-11(5-46)14(52)8-49/h10-15,45-53H,3-9H2,1-2H3,(H,40,56)(H,41,57)(H,42,58)(H,59,60). The highest BCUT2D eigenvalue weighted by molar-refractivity contribution is 14.1. The van der Waals surface area contributed by atoms with Gasteiger partial charge < -0.3 is 76.8 Å². The van der Waals surface area contributed by atoms with Crippen LogP contribution in [0.25, 0.3) is 0 Å². The Morgan fingerprint density at radius 1 is 0.467 bits per heavy atom. The number of nitrogens with one attached hydrogen (secondary N) is 3. The summed E-state index contributed by atoms with van der Waals surface area (Å²) in [7, 11) is 2.45. The number of carboxylic acid groups (broad SMARTS) is 1. The zero-order valence-corrected chi connectivity index (χ0v) is 43.9. The summed E-state index contributed by atoms with van der Waals surface area (Å²) in [5, 5.41) is 105. The first kappa shape index (κ1) is 55.4. The third kappa shape index (κ3) is 12.8. The molecule has 0 aliphatic carbocycles. The molecule has 5 amide bonds. The van der Waals surface area contributed by atoms with Crippen LogP contribution in [0.1, 0.15) is 47.9 Å². The second kappa shape index (κ2) is 25.1. The van der Waals surface area contributed by atoms with E-state index in [4.69, 9.17) is 0 Å². The topological polar surface area (TPSA) is 347 Å². The maximum absolute atomic E-state index is 14.0. The van der Waals surface area contributed by atoms with Gasteiger partial charge in [-0.2, -0.15) is 0 Å². The largest absolute Gasteiger partial charge is 0.478 e. The molecular formula is C33H39I6N5O16. The van der Waals surface area contributed by atoms with Crippen molar-refractivity contribution in [1.82, 2.24) is 16.0 Å². The highest BCUT2D eigenvalue weighted by Crippen LogP contribution is 2.40. The summed E-state index contributed by atoms with van der Waals surface area (Å²) in [4.78, 5) is 83.4. The van der Waals surface area contributed by atoms with E-state index in [9.17, 15) is 79.8 Å². The van der Waals surface area contributed by atoms with Crippen molar-refractivity contribution >= 4 is 182 Å². The van der Waals surface area contributed by atoms with E-state index < -0.39 is 118 Å². The number of anilines is 2. The molecule has 6 unspecified atom stereocenters. The van der Waals surface area contributed by atoms with E-state index in [-0.39, 0.29) is 55.0 Å². The second-order valence-electron chi connectivity index (χ2n) is 12.5. The number of carbonyl (C=O) groups excluding carboxylic acids is 5. The molecule has 334 valence electrons. The Labute approximate surface area is 423 Å². The third-order valence-electron chi connectivity index (χ3n) is 8.70. The summed E-state index contributed by atoms with van der Waals surface area (Å²) in [5.41, 5.74) is -1.32. The van der Waals surface area contributed by atoms with Crippen LogP contribution in [-0.4, -0.2) is 177 Å². The Bertz CT molecular complexity index is 1920. The quantitative estimate of drug-likeness (QED) is 0.0522. The Morgan fingerprint density at radius 3 is 0.950 bits per heavy atom. The zero-order valence-electron chi connectivity index (χ0n) is 31.0. The van der Waals surface area contributed by atoms with Crippen molar-refractivity contribution in [2.75, 3.05) is 63.5 Å². The maximum atomic E-state index is 14.0. The van der Waals surface area contributed by atoms with Crippen LogP contribution in [0.2, 0.25) is 0 Å². The number of aromatic carboxylic acids is 1. The fourth-order valence-electron chi connectivity index (χ4n) is 5.19. The lowest BCUT2D eigenvalue weighted by Gasteiger charge is -2.28. The first-order valence-electron chi connectivity index (χ1n) is 16.8. The van der Waals surface area contributed by atoms with E-state index in [0.29, 0.717) is 0 Å². The van der Waals surface area contributed by atoms with Gasteiger partial charge in [0.05, 0.1) is 124 Å². The predicted molar refractivity (Wildman–Crippen MR) is 262 cm³/mol. The molecular weight excluding hydrogens is 1480 g/mol. The van der Waals surface area contributed by atoms with Gasteiger partial charge in [0.25, 0.3) is 17.7 Å². The SMILES string of the molecule is CN(C(=O)CC(=O)N(C)c1c(I)c(C(=O)NC(CO)C(O)CO)c(I)c(C(=O)NC(CO)C(O)CO)c1I)c1c(I)c(C(=O)O)c(I)c(C(=O)NC(CO)C(O)CO)c1I. The number of carboxylic acids is 1. The van der Waals surface area contributed by atoms with Crippen molar-refractivity contribution in [3.8, 4) is 0 Å². The molecule has 0 heterocycles. The number of halogens is 6. The number of amides is 5. The highest BCUT2D eigenvalue weighted by Gasteiger charge is 2.36. The summed E-state index contributed by atoms with van der Waals surface area (Å²) < 4.78 is 0.0277. The molecule has 0 saturated heterocycles. The van der Waals surface area contributed by atoms with E-state index in [1.807, 2.05) is 0 Å². The van der Waals surface area contributed by atoms with Gasteiger partial charge in [-0.3, -0.25) is 24.0 Å². The molecule has 6 atom stereocenters. The molecule has 0 bridgehead atoms. The van der Waals surface area contributed by atoms with Crippen LogP contribution >= 0.6 is 136 Å². The Kier molecular flexibility index (Phi) is 23.2. The zero-order chi connectivity index (χ0) is 46.1. The van der Waals surface area contributed by atoms with Gasteiger partial charge in [0, 0.05) is 21.2 Å². The molecule has 60 heavy (non-hydrogen) atoms. The molecule has 0 aliphatic rings. The molecule has 27 heteroatoms. The highest BCUT2D eigenvalue weighted by atomic mass is 127. The van der Waals surface area contributed by atoms with Crippen molar-refractivity contribution in [3.05, 3.63) is 43.7 Å². The van der Waals surface area contributed by atoms with Gasteiger partial charge in [0.1, 0.15) is 6.42 Å². The average Bonchev–Trinajstić information content (AvgIpc) is 3.19. The van der Waals surface area contributed by atoms with Crippen LogP contribution in [-0.2, 0) is 9.59 Å². The number of aliphatic hydroxyl groups excluding tert-OH is 9. The number of benzene rings is 2. The Morgan fingerprint density at radius 2 is 0.717 bits per heavy atom. The summed E-state index contributed by atoms with van der Waals surface area (Å²) in [5.74, 6) is -6.22. The number of aliphatic hydroxyl groups is 9. The second-order valence-corrected chi connectivity index (χ2v) is 19.0. The molecule has 0 spiro atoms. The minimum atomic E-state index is -1.61. The number of nitrogens with zero attached hydrogens (tertiary/aromatic N) is 2. The van der Waals surface area contributed by atoms with E-state index in [2.05, 4.69) is 16.0 Å². The number of carbonyl (C=O) groups is 6. The van der Waals surface area contributed by atoms with Crippen molar-refractivity contribution in [2.24, 2.45) is 0 Å². The molecule has 2 aromatic carbocycles. The first-order valence-corrected chi connectivity index (χ1v) is 23.3. The van der Waals surface area contributed by atoms with Gasteiger partial charge >= 0.3 is 5.97 Å². The number of hydrogen-bond acceptors (Lipinski definition) is 15. The summed E-state index contributed by atoms with van der Waals surface area (Å²) in [6, 6.07) is -4.12. The molecule has 0 aromatic heterocycles. The number of hydrogen-bond donors (Lipinski definition) is 13. The van der Waals surface area contributed by atoms with Crippen molar-refractivity contribution < 1.29 is 79.8 Å². The molecule has 0 radical (unpaired) electrons. The van der Waals surface area contributed by atoms with E-state index in [1.165, 1.54) is 14.1 Å². The van der Waals surface area contributed by atoms with Gasteiger partial charge in [-0.05, 0) is 136 Å². The molecule has 2 aromatic rings. The summed E-state index contributed by atoms with van der Waals surface area (Å²) >= 11 is 10.1. The van der Waals surface area contributed by atoms with E-state index in [1.54, 1.807) is 136 Å². The van der Waals surface area contributed by atoms with Gasteiger partial charge in [-0.1, -0.05) is 0 Å². The van der Waals surface area contributed by atoms with E-state index in [0.717, 1.165) is 9.80 Å². The van der Waals surface area contributed by atoms with Crippen LogP contribution in [0.3, 0.4) is 0 Å². The lowest BCUT2D eigenvalue weighted by Crippen LogP contribution is -2.49. The molecule has 13 N–H and O–H groups in total. The van der Waals surface area contributed by atoms with Crippen molar-refractivity contribution in [1.29, 1.82) is 0 Å². The summed E-state index contributed by atoms with van der Waals surface area (Å²) in [6.45, 7) is -4.92. The fraction of sp³-hybridized carbons (Fsp3) is 0.455. The smallest absolute Gasteiger partial charge is 0.337 e. The van der Waals surface area contributed by atoms with Crippen molar-refractivity contribution in [3.63, 3.8) is 0 Å². The average molecular weight is 1520 g/mol. The number of rotatable bonds is 20. The van der Waals surface area contributed by atoms with Crippen LogP contribution in [0.15, 0.2) is 0 Å². The van der Waals surface area contributed by atoms with Crippen molar-refractivity contribution in [2.45, 2.75) is 42.9 Å². The lowest BCUT2D eigenvalue weighted by molar-refractivity contribution is -0.126. The minimum Gasteiger partial charge on any atom is -0.478 e. The Balaban J connectivity index is 2.76. The maximum Gasteiger partial charge on any atom is 0.337 e. The normalized spacial score (nSPS) is 14.3. The molecule has 0 saturated carbocycles. The van der Waals surface area contributed by atoms with Gasteiger partial charge in [0.15, 0.2) is 0 Å². The summed E-state index contributed by atoms with van der Waals surface area (Å²) in [6.07, 6.45) is -5.71. The molecule has 21 nitrogen and oxygen atoms in total. The molecule has 0 aliphatic heterocycles. The van der Waals surface area contributed by atoms with Crippen LogP contribution in [0, 0.1) is 21.4 Å². The Hall–Kier alpha value is -0.720. The molecule has 0 fully saturated rings. The van der Waals surface area contributed by atoms with Crippen LogP contribution < -0.4 is 25.8 Å². The minimum absolute atomic E-state index is 0.00393. The van der Waals surface area contributed by atoms with Crippen LogP contribution in [0.5, 0.6) is 0 Å². The lowest BCUT2D eigenvalue weighted by atomic mass is 10.0. The third-order valence-corrected chi connectivity index (χ3v) is 15.1. The monoisotopic (exact) mass is 1520 g/mol.